The number of thiophene rings is 1. The highest BCUT2D eigenvalue weighted by molar-refractivity contribution is 7.11. The Kier molecular flexibility index (Phi) is 6.30. The second-order valence-electron chi connectivity index (χ2n) is 4.00. The van der Waals surface area contributed by atoms with Gasteiger partial charge in [0.1, 0.15) is 0 Å². The van der Waals surface area contributed by atoms with E-state index in [1.807, 2.05) is 11.4 Å². The third-order valence-electron chi connectivity index (χ3n) is 2.79. The highest BCUT2D eigenvalue weighted by Crippen LogP contribution is 2.06. The SMILES string of the molecule is CNC1CCN(C)CC1.O=Cc1cccs1. The molecule has 1 aromatic heterocycles. The van der Waals surface area contributed by atoms with E-state index in [9.17, 15) is 4.79 Å². The summed E-state index contributed by atoms with van der Waals surface area (Å²) < 4.78 is 0. The smallest absolute Gasteiger partial charge is 0.159 e. The lowest BCUT2D eigenvalue weighted by molar-refractivity contribution is 0.112. The topological polar surface area (TPSA) is 32.3 Å². The minimum atomic E-state index is 0.779. The normalized spacial score (nSPS) is 17.6. The number of piperidine rings is 1. The van der Waals surface area contributed by atoms with Gasteiger partial charge in [-0.3, -0.25) is 4.79 Å². The third-order valence-corrected chi connectivity index (χ3v) is 3.58. The Morgan fingerprint density at radius 1 is 1.50 bits per heavy atom. The van der Waals surface area contributed by atoms with E-state index in [1.165, 1.54) is 37.3 Å². The molecule has 1 aliphatic rings. The van der Waals surface area contributed by atoms with Crippen molar-refractivity contribution in [3.05, 3.63) is 22.4 Å². The first-order valence-corrected chi connectivity index (χ1v) is 6.48. The van der Waals surface area contributed by atoms with E-state index >= 15 is 0 Å². The van der Waals surface area contributed by atoms with Crippen LogP contribution in [0.3, 0.4) is 0 Å². The van der Waals surface area contributed by atoms with Crippen molar-refractivity contribution in [2.75, 3.05) is 27.2 Å². The molecule has 0 saturated carbocycles. The van der Waals surface area contributed by atoms with E-state index in [1.54, 1.807) is 6.07 Å². The number of hydrogen-bond donors (Lipinski definition) is 1. The Bertz CT molecular complexity index is 279. The van der Waals surface area contributed by atoms with Crippen LogP contribution in [0.5, 0.6) is 0 Å². The minimum Gasteiger partial charge on any atom is -0.317 e. The second kappa shape index (κ2) is 7.54. The number of carbonyl (C=O) groups excluding carboxylic acids is 1. The highest BCUT2D eigenvalue weighted by atomic mass is 32.1. The predicted molar refractivity (Wildman–Crippen MR) is 69.3 cm³/mol. The molecule has 1 fully saturated rings. The van der Waals surface area contributed by atoms with Crippen LogP contribution in [0.1, 0.15) is 22.5 Å². The first kappa shape index (κ1) is 13.4. The molecule has 4 heteroatoms. The van der Waals surface area contributed by atoms with Crippen LogP contribution in [-0.2, 0) is 0 Å². The van der Waals surface area contributed by atoms with Gasteiger partial charge in [-0.1, -0.05) is 6.07 Å². The van der Waals surface area contributed by atoms with Crippen LogP contribution in [0, 0.1) is 0 Å². The van der Waals surface area contributed by atoms with Gasteiger partial charge in [-0.25, -0.2) is 0 Å². The summed E-state index contributed by atoms with van der Waals surface area (Å²) in [4.78, 5) is 13.1. The first-order chi connectivity index (χ1) is 7.76. The van der Waals surface area contributed by atoms with Crippen LogP contribution >= 0.6 is 11.3 Å². The van der Waals surface area contributed by atoms with E-state index in [0.29, 0.717) is 0 Å². The molecule has 1 N–H and O–H groups in total. The molecular weight excluding hydrogens is 220 g/mol. The summed E-state index contributed by atoms with van der Waals surface area (Å²) in [5, 5.41) is 5.18. The summed E-state index contributed by atoms with van der Waals surface area (Å²) in [6, 6.07) is 4.42. The Labute approximate surface area is 101 Å². The molecule has 3 nitrogen and oxygen atoms in total. The van der Waals surface area contributed by atoms with Gasteiger partial charge in [-0.15, -0.1) is 11.3 Å². The molecule has 2 rings (SSSR count). The Morgan fingerprint density at radius 2 is 2.19 bits per heavy atom. The maximum atomic E-state index is 9.88. The predicted octanol–water partition coefficient (Wildman–Crippen LogP) is 1.86. The standard InChI is InChI=1S/C7H16N2.C5H4OS/c1-8-7-3-5-9(2)6-4-7;6-4-5-2-1-3-7-5/h7-8H,3-6H2,1-2H3;1-4H. The quantitative estimate of drug-likeness (QED) is 0.801. The molecule has 16 heavy (non-hydrogen) atoms. The summed E-state index contributed by atoms with van der Waals surface area (Å²) in [7, 11) is 4.24. The summed E-state index contributed by atoms with van der Waals surface area (Å²) in [5.41, 5.74) is 0. The lowest BCUT2D eigenvalue weighted by Gasteiger charge is -2.28. The molecule has 0 unspecified atom stereocenters. The monoisotopic (exact) mass is 240 g/mol. The van der Waals surface area contributed by atoms with Crippen LogP contribution in [0.15, 0.2) is 17.5 Å². The molecule has 0 atom stereocenters. The average Bonchev–Trinajstić information content (AvgIpc) is 2.84. The van der Waals surface area contributed by atoms with Gasteiger partial charge < -0.3 is 10.2 Å². The van der Waals surface area contributed by atoms with Crippen LogP contribution in [-0.4, -0.2) is 44.4 Å². The number of likely N-dealkylation sites (tertiary alicyclic amines) is 1. The zero-order valence-electron chi connectivity index (χ0n) is 9.98. The second-order valence-corrected chi connectivity index (χ2v) is 4.98. The van der Waals surface area contributed by atoms with Gasteiger partial charge in [-0.05, 0) is 51.5 Å². The molecular formula is C12H20N2OS. The van der Waals surface area contributed by atoms with Crippen LogP contribution in [0.4, 0.5) is 0 Å². The van der Waals surface area contributed by atoms with Crippen molar-refractivity contribution in [2.45, 2.75) is 18.9 Å². The summed E-state index contributed by atoms with van der Waals surface area (Å²) in [6.07, 6.45) is 3.48. The third kappa shape index (κ3) is 4.88. The van der Waals surface area contributed by atoms with Crippen molar-refractivity contribution < 1.29 is 4.79 Å². The lowest BCUT2D eigenvalue weighted by Crippen LogP contribution is -2.39. The molecule has 0 aromatic carbocycles. The van der Waals surface area contributed by atoms with Gasteiger partial charge in [0.05, 0.1) is 4.88 Å². The van der Waals surface area contributed by atoms with Crippen molar-refractivity contribution in [3.63, 3.8) is 0 Å². The number of carbonyl (C=O) groups is 1. The first-order valence-electron chi connectivity index (χ1n) is 5.60. The van der Waals surface area contributed by atoms with Gasteiger partial charge >= 0.3 is 0 Å². The maximum Gasteiger partial charge on any atom is 0.159 e. The molecule has 2 heterocycles. The molecule has 1 aromatic rings. The summed E-state index contributed by atoms with van der Waals surface area (Å²) in [6.45, 7) is 2.51. The summed E-state index contributed by atoms with van der Waals surface area (Å²) in [5.74, 6) is 0. The Morgan fingerprint density at radius 3 is 2.56 bits per heavy atom. The number of nitrogens with one attached hydrogen (secondary N) is 1. The fraction of sp³-hybridized carbons (Fsp3) is 0.583. The van der Waals surface area contributed by atoms with Crippen molar-refractivity contribution in [1.82, 2.24) is 10.2 Å². The molecule has 0 bridgehead atoms. The minimum absolute atomic E-state index is 0.779. The highest BCUT2D eigenvalue weighted by Gasteiger charge is 2.13. The van der Waals surface area contributed by atoms with E-state index < -0.39 is 0 Å². The largest absolute Gasteiger partial charge is 0.317 e. The molecule has 0 aliphatic carbocycles. The fourth-order valence-electron chi connectivity index (χ4n) is 1.66. The van der Waals surface area contributed by atoms with E-state index in [0.717, 1.165) is 17.2 Å². The summed E-state index contributed by atoms with van der Waals surface area (Å²) >= 11 is 1.45. The van der Waals surface area contributed by atoms with Crippen LogP contribution in [0.25, 0.3) is 0 Å². The number of rotatable bonds is 2. The van der Waals surface area contributed by atoms with Gasteiger partial charge in [-0.2, -0.15) is 0 Å². The van der Waals surface area contributed by atoms with Crippen molar-refractivity contribution in [1.29, 1.82) is 0 Å². The van der Waals surface area contributed by atoms with Gasteiger partial charge in [0.15, 0.2) is 6.29 Å². The number of aldehydes is 1. The maximum absolute atomic E-state index is 9.88. The number of hydrogen-bond acceptors (Lipinski definition) is 4. The van der Waals surface area contributed by atoms with Crippen molar-refractivity contribution in [2.24, 2.45) is 0 Å². The van der Waals surface area contributed by atoms with Gasteiger partial charge in [0.2, 0.25) is 0 Å². The van der Waals surface area contributed by atoms with Gasteiger partial charge in [0.25, 0.3) is 0 Å². The van der Waals surface area contributed by atoms with E-state index in [2.05, 4.69) is 24.3 Å². The van der Waals surface area contributed by atoms with Crippen molar-refractivity contribution >= 4 is 17.6 Å². The molecule has 1 aliphatic heterocycles. The average molecular weight is 240 g/mol. The van der Waals surface area contributed by atoms with Crippen LogP contribution in [0.2, 0.25) is 0 Å². The number of nitrogens with zero attached hydrogens (tertiary/aromatic N) is 1. The van der Waals surface area contributed by atoms with Crippen molar-refractivity contribution in [3.8, 4) is 0 Å². The van der Waals surface area contributed by atoms with E-state index in [4.69, 9.17) is 0 Å². The molecule has 0 amide bonds. The zero-order chi connectivity index (χ0) is 11.8. The molecule has 90 valence electrons. The molecule has 1 saturated heterocycles. The lowest BCUT2D eigenvalue weighted by atomic mass is 10.1. The van der Waals surface area contributed by atoms with Crippen LogP contribution < -0.4 is 5.32 Å². The van der Waals surface area contributed by atoms with Gasteiger partial charge in [0, 0.05) is 6.04 Å². The zero-order valence-corrected chi connectivity index (χ0v) is 10.8. The molecule has 0 radical (unpaired) electrons. The fourth-order valence-corrected chi connectivity index (χ4v) is 2.18. The van der Waals surface area contributed by atoms with E-state index in [-0.39, 0.29) is 0 Å². The Hall–Kier alpha value is -0.710. The molecule has 0 spiro atoms. The Balaban J connectivity index is 0.000000165.